The van der Waals surface area contributed by atoms with E-state index in [-0.39, 0.29) is 11.8 Å². The quantitative estimate of drug-likeness (QED) is 0.450. The van der Waals surface area contributed by atoms with Crippen LogP contribution in [-0.4, -0.2) is 60.8 Å². The highest BCUT2D eigenvalue weighted by Crippen LogP contribution is 2.59. The van der Waals surface area contributed by atoms with Crippen molar-refractivity contribution in [3.8, 4) is 34.5 Å². The van der Waals surface area contributed by atoms with E-state index >= 15 is 0 Å². The van der Waals surface area contributed by atoms with Gasteiger partial charge in [-0.2, -0.15) is 0 Å². The van der Waals surface area contributed by atoms with Gasteiger partial charge < -0.3 is 42.6 Å². The van der Waals surface area contributed by atoms with Crippen molar-refractivity contribution in [2.24, 2.45) is 5.92 Å². The van der Waals surface area contributed by atoms with Gasteiger partial charge in [-0.15, -0.1) is 0 Å². The van der Waals surface area contributed by atoms with Gasteiger partial charge in [0.05, 0.1) is 54.7 Å². The first-order chi connectivity index (χ1) is 18.9. The first kappa shape index (κ1) is 26.6. The van der Waals surface area contributed by atoms with Gasteiger partial charge >= 0.3 is 5.97 Å². The molecule has 1 aliphatic carbocycles. The van der Waals surface area contributed by atoms with E-state index in [1.165, 1.54) is 6.92 Å². The first-order valence-corrected chi connectivity index (χ1v) is 12.4. The van der Waals surface area contributed by atoms with Crippen LogP contribution >= 0.6 is 0 Å². The van der Waals surface area contributed by atoms with Crippen molar-refractivity contribution in [1.82, 2.24) is 0 Å². The second kappa shape index (κ2) is 10.6. The first-order valence-electron chi connectivity index (χ1n) is 12.4. The topological polar surface area (TPSA) is 100 Å². The SMILES string of the molecule is COC1=CC2O[C@@H]3[C@@H](c4cc(OC)c(OC)c(OC)c4)Oc4cc(OC)cc(OC)c4[C@@H]3C2C(OC(C)=O)=C1. The molecule has 0 N–H and O–H groups in total. The molecule has 1 fully saturated rings. The molecule has 5 rings (SSSR count). The van der Waals surface area contributed by atoms with Gasteiger partial charge in [-0.3, -0.25) is 4.79 Å². The van der Waals surface area contributed by atoms with Gasteiger partial charge in [-0.25, -0.2) is 0 Å². The van der Waals surface area contributed by atoms with Crippen LogP contribution < -0.4 is 28.4 Å². The molecule has 0 radical (unpaired) electrons. The van der Waals surface area contributed by atoms with Crippen molar-refractivity contribution in [2.45, 2.75) is 31.2 Å². The predicted molar refractivity (Wildman–Crippen MR) is 139 cm³/mol. The summed E-state index contributed by atoms with van der Waals surface area (Å²) in [5.41, 5.74) is 1.55. The summed E-state index contributed by atoms with van der Waals surface area (Å²) in [7, 11) is 9.40. The maximum atomic E-state index is 12.1. The second-order valence-electron chi connectivity index (χ2n) is 9.27. The molecule has 10 nitrogen and oxygen atoms in total. The Morgan fingerprint density at radius 2 is 1.49 bits per heavy atom. The molecule has 1 saturated heterocycles. The molecular weight excluding hydrogens is 508 g/mol. The number of hydrogen-bond donors (Lipinski definition) is 0. The standard InChI is InChI=1S/C29H32O10/c1-14(30)37-19-11-17(32-3)13-21-25(19)26-24-18(33-4)10-16(31-2)12-20(24)38-27(29(26)39-21)15-8-22(34-5)28(36-7)23(9-15)35-6/h8-13,21,25-27,29H,1-7H3/t21?,25?,26-,27-,29+/m1/s1. The molecule has 2 aromatic rings. The molecule has 3 aliphatic rings. The van der Waals surface area contributed by atoms with Crippen molar-refractivity contribution < 1.29 is 47.4 Å². The van der Waals surface area contributed by atoms with Crippen LogP contribution in [0.4, 0.5) is 0 Å². The van der Waals surface area contributed by atoms with Crippen molar-refractivity contribution in [3.63, 3.8) is 0 Å². The number of benzene rings is 2. The number of methoxy groups -OCH3 is 6. The molecular formula is C29H32O10. The Balaban J connectivity index is 1.72. The van der Waals surface area contributed by atoms with Crippen LogP contribution in [-0.2, 0) is 19.0 Å². The van der Waals surface area contributed by atoms with E-state index < -0.39 is 24.3 Å². The van der Waals surface area contributed by atoms with Gasteiger partial charge in [0.1, 0.15) is 34.9 Å². The molecule has 0 saturated carbocycles. The zero-order valence-electron chi connectivity index (χ0n) is 22.9. The number of carbonyl (C=O) groups is 1. The zero-order valence-corrected chi connectivity index (χ0v) is 22.9. The molecule has 2 aliphatic heterocycles. The normalized spacial score (nSPS) is 24.5. The van der Waals surface area contributed by atoms with Gasteiger partial charge in [0.2, 0.25) is 5.75 Å². The van der Waals surface area contributed by atoms with Crippen LogP contribution in [0.5, 0.6) is 34.5 Å². The Morgan fingerprint density at radius 1 is 0.795 bits per heavy atom. The third-order valence-corrected chi connectivity index (χ3v) is 7.28. The fraction of sp³-hybridized carbons (Fsp3) is 0.414. The number of hydrogen-bond acceptors (Lipinski definition) is 10. The fourth-order valence-electron chi connectivity index (χ4n) is 5.70. The average molecular weight is 541 g/mol. The highest BCUT2D eigenvalue weighted by molar-refractivity contribution is 5.68. The van der Waals surface area contributed by atoms with E-state index in [9.17, 15) is 4.79 Å². The monoisotopic (exact) mass is 540 g/mol. The highest BCUT2D eigenvalue weighted by atomic mass is 16.6. The van der Waals surface area contributed by atoms with E-state index in [1.54, 1.807) is 54.8 Å². The van der Waals surface area contributed by atoms with Gasteiger partial charge in [-0.05, 0) is 18.2 Å². The predicted octanol–water partition coefficient (Wildman–Crippen LogP) is 4.32. The minimum atomic E-state index is -0.600. The molecule has 0 amide bonds. The lowest BCUT2D eigenvalue weighted by molar-refractivity contribution is -0.138. The van der Waals surface area contributed by atoms with Gasteiger partial charge in [0.15, 0.2) is 17.6 Å². The summed E-state index contributed by atoms with van der Waals surface area (Å²) in [6.07, 6.45) is 2.05. The number of fused-ring (bicyclic) bond motifs is 5. The summed E-state index contributed by atoms with van der Waals surface area (Å²) in [6.45, 7) is 1.37. The van der Waals surface area contributed by atoms with Crippen LogP contribution in [0.25, 0.3) is 0 Å². The zero-order chi connectivity index (χ0) is 27.8. The molecule has 39 heavy (non-hydrogen) atoms. The molecule has 208 valence electrons. The number of allylic oxidation sites excluding steroid dienone is 1. The Hall–Kier alpha value is -4.05. The maximum Gasteiger partial charge on any atom is 0.307 e. The van der Waals surface area contributed by atoms with E-state index in [2.05, 4.69) is 0 Å². The number of carbonyl (C=O) groups excluding carboxylic acids is 1. The van der Waals surface area contributed by atoms with Gasteiger partial charge in [0.25, 0.3) is 0 Å². The highest BCUT2D eigenvalue weighted by Gasteiger charge is 2.56. The molecule has 10 heteroatoms. The van der Waals surface area contributed by atoms with Gasteiger partial charge in [-0.1, -0.05) is 0 Å². The summed E-state index contributed by atoms with van der Waals surface area (Å²) in [5, 5.41) is 0. The Labute approximate surface area is 226 Å². The lowest BCUT2D eigenvalue weighted by Crippen LogP contribution is -2.35. The van der Waals surface area contributed by atoms with Gasteiger partial charge in [0, 0.05) is 42.2 Å². The Kier molecular flexibility index (Phi) is 7.22. The third-order valence-electron chi connectivity index (χ3n) is 7.28. The minimum Gasteiger partial charge on any atom is -0.497 e. The molecule has 2 heterocycles. The summed E-state index contributed by atoms with van der Waals surface area (Å²) < 4.78 is 52.6. The summed E-state index contributed by atoms with van der Waals surface area (Å²) in [5.74, 6) is 3.05. The number of esters is 1. The summed E-state index contributed by atoms with van der Waals surface area (Å²) in [6, 6.07) is 7.31. The van der Waals surface area contributed by atoms with Crippen molar-refractivity contribution >= 4 is 5.97 Å². The fourth-order valence-corrected chi connectivity index (χ4v) is 5.70. The third kappa shape index (κ3) is 4.48. The smallest absolute Gasteiger partial charge is 0.307 e. The summed E-state index contributed by atoms with van der Waals surface area (Å²) >= 11 is 0. The largest absolute Gasteiger partial charge is 0.497 e. The van der Waals surface area contributed by atoms with Crippen molar-refractivity contribution in [3.05, 3.63) is 59.1 Å². The van der Waals surface area contributed by atoms with E-state index in [0.29, 0.717) is 46.0 Å². The molecule has 0 spiro atoms. The maximum absolute atomic E-state index is 12.1. The van der Waals surface area contributed by atoms with E-state index in [0.717, 1.165) is 11.1 Å². The molecule has 0 bridgehead atoms. The minimum absolute atomic E-state index is 0.316. The molecule has 0 aromatic heterocycles. The second-order valence-corrected chi connectivity index (χ2v) is 9.27. The Bertz CT molecular complexity index is 1300. The average Bonchev–Trinajstić information content (AvgIpc) is 3.34. The number of ether oxygens (including phenoxy) is 9. The number of rotatable bonds is 8. The lowest BCUT2D eigenvalue weighted by Gasteiger charge is -2.38. The molecule has 2 aromatic carbocycles. The van der Waals surface area contributed by atoms with Crippen LogP contribution in [0.3, 0.4) is 0 Å². The molecule has 5 atom stereocenters. The Morgan fingerprint density at radius 3 is 2.05 bits per heavy atom. The summed E-state index contributed by atoms with van der Waals surface area (Å²) in [4.78, 5) is 12.1. The lowest BCUT2D eigenvalue weighted by atomic mass is 9.74. The van der Waals surface area contributed by atoms with E-state index in [1.807, 2.05) is 24.3 Å². The van der Waals surface area contributed by atoms with Crippen LogP contribution in [0.1, 0.15) is 30.1 Å². The van der Waals surface area contributed by atoms with Crippen molar-refractivity contribution in [1.29, 1.82) is 0 Å². The van der Waals surface area contributed by atoms with Crippen LogP contribution in [0.2, 0.25) is 0 Å². The van der Waals surface area contributed by atoms with Crippen LogP contribution in [0, 0.1) is 5.92 Å². The molecule has 2 unspecified atom stereocenters. The van der Waals surface area contributed by atoms with Crippen LogP contribution in [0.15, 0.2) is 47.9 Å². The van der Waals surface area contributed by atoms with E-state index in [4.69, 9.17) is 42.6 Å². The van der Waals surface area contributed by atoms with Crippen molar-refractivity contribution in [2.75, 3.05) is 42.7 Å².